The van der Waals surface area contributed by atoms with Crippen LogP contribution in [0.1, 0.15) is 27.3 Å². The second-order valence-electron chi connectivity index (χ2n) is 7.33. The van der Waals surface area contributed by atoms with E-state index in [4.69, 9.17) is 4.84 Å². The number of halogens is 1. The van der Waals surface area contributed by atoms with E-state index >= 15 is 0 Å². The van der Waals surface area contributed by atoms with Crippen molar-refractivity contribution in [2.75, 3.05) is 5.32 Å². The molecule has 0 aliphatic heterocycles. The van der Waals surface area contributed by atoms with Crippen molar-refractivity contribution < 1.29 is 14.0 Å². The molecule has 0 atom stereocenters. The Kier molecular flexibility index (Phi) is 6.54. The number of hydrogen-bond acceptors (Lipinski definition) is 5. The molecule has 2 heterocycles. The summed E-state index contributed by atoms with van der Waals surface area (Å²) in [5.41, 5.74) is 4.19. The summed E-state index contributed by atoms with van der Waals surface area (Å²) in [7, 11) is 1.46. The Morgan fingerprint density at radius 1 is 1.12 bits per heavy atom. The predicted molar refractivity (Wildman–Crippen MR) is 124 cm³/mol. The van der Waals surface area contributed by atoms with Crippen molar-refractivity contribution in [3.05, 3.63) is 101 Å². The molecule has 1 N–H and O–H groups in total. The molecule has 0 saturated carbocycles. The Balaban J connectivity index is 1.46. The molecular weight excluding hydrogens is 421 g/mol. The third-order valence-electron chi connectivity index (χ3n) is 4.99. The first-order valence-corrected chi connectivity index (χ1v) is 10.3. The monoisotopic (exact) mass is 443 g/mol. The molecule has 0 radical (unpaired) electrons. The molecule has 166 valence electrons. The highest BCUT2D eigenvalue weighted by Crippen LogP contribution is 2.28. The lowest BCUT2D eigenvalue weighted by atomic mass is 10.0. The van der Waals surface area contributed by atoms with Crippen LogP contribution in [0.5, 0.6) is 0 Å². The van der Waals surface area contributed by atoms with Gasteiger partial charge in [-0.05, 0) is 36.2 Å². The molecule has 7 nitrogen and oxygen atoms in total. The van der Waals surface area contributed by atoms with Crippen LogP contribution in [0, 0.1) is 12.9 Å². The van der Waals surface area contributed by atoms with Gasteiger partial charge in [-0.2, -0.15) is 9.49 Å². The minimum absolute atomic E-state index is 0.0652. The van der Waals surface area contributed by atoms with E-state index in [2.05, 4.69) is 20.6 Å². The van der Waals surface area contributed by atoms with E-state index in [0.29, 0.717) is 18.0 Å². The number of pyridine rings is 1. The Morgan fingerprint density at radius 2 is 1.88 bits per heavy atom. The highest BCUT2D eigenvalue weighted by atomic mass is 19.1. The predicted octanol–water partition coefficient (Wildman–Crippen LogP) is 4.73. The van der Waals surface area contributed by atoms with Crippen molar-refractivity contribution in [2.45, 2.75) is 13.5 Å². The van der Waals surface area contributed by atoms with Crippen molar-refractivity contribution in [2.24, 2.45) is 12.2 Å². The molecule has 0 saturated heterocycles. The number of aromatic nitrogens is 3. The fourth-order valence-electron chi connectivity index (χ4n) is 3.35. The van der Waals surface area contributed by atoms with Gasteiger partial charge in [0.05, 0.1) is 17.6 Å². The van der Waals surface area contributed by atoms with Gasteiger partial charge in [-0.15, -0.1) is 0 Å². The number of carbonyl (C=O) groups excluding carboxylic acids is 1. The van der Waals surface area contributed by atoms with Crippen molar-refractivity contribution in [3.63, 3.8) is 0 Å². The Morgan fingerprint density at radius 3 is 2.58 bits per heavy atom. The van der Waals surface area contributed by atoms with Gasteiger partial charge in [-0.25, -0.2) is 4.68 Å². The van der Waals surface area contributed by atoms with E-state index < -0.39 is 11.9 Å². The average Bonchev–Trinajstić information content (AvgIpc) is 3.09. The summed E-state index contributed by atoms with van der Waals surface area (Å²) in [6, 6.07) is 20.6. The van der Waals surface area contributed by atoms with Gasteiger partial charge in [0.1, 0.15) is 5.56 Å². The lowest BCUT2D eigenvalue weighted by molar-refractivity contribution is 0.102. The van der Waals surface area contributed by atoms with Crippen LogP contribution in [-0.4, -0.2) is 26.9 Å². The van der Waals surface area contributed by atoms with Gasteiger partial charge in [0, 0.05) is 24.5 Å². The smallest absolute Gasteiger partial charge is 0.262 e. The maximum atomic E-state index is 14.3. The van der Waals surface area contributed by atoms with Crippen LogP contribution in [-0.2, 0) is 18.5 Å². The quantitative estimate of drug-likeness (QED) is 0.331. The molecule has 33 heavy (non-hydrogen) atoms. The number of aryl methyl sites for hydroxylation is 2. The van der Waals surface area contributed by atoms with E-state index in [0.717, 1.165) is 27.1 Å². The normalized spacial score (nSPS) is 11.0. The van der Waals surface area contributed by atoms with Crippen LogP contribution in [0.2, 0.25) is 0 Å². The minimum Gasteiger partial charge on any atom is -0.389 e. The molecular formula is C25H22FN5O2. The largest absolute Gasteiger partial charge is 0.389 e. The fourth-order valence-corrected chi connectivity index (χ4v) is 3.35. The lowest BCUT2D eigenvalue weighted by Crippen LogP contribution is -2.15. The molecule has 4 aromatic rings. The summed E-state index contributed by atoms with van der Waals surface area (Å²) in [6.07, 6.45) is 3.32. The van der Waals surface area contributed by atoms with Gasteiger partial charge in [-0.1, -0.05) is 53.7 Å². The second kappa shape index (κ2) is 9.86. The van der Waals surface area contributed by atoms with Gasteiger partial charge in [-0.3, -0.25) is 9.78 Å². The molecule has 0 fully saturated rings. The highest BCUT2D eigenvalue weighted by Gasteiger charge is 2.21. The van der Waals surface area contributed by atoms with E-state index in [1.165, 1.54) is 7.05 Å². The van der Waals surface area contributed by atoms with Crippen molar-refractivity contribution in [1.82, 2.24) is 14.8 Å². The third kappa shape index (κ3) is 5.12. The number of rotatable bonds is 7. The van der Waals surface area contributed by atoms with Gasteiger partial charge in [0.25, 0.3) is 5.91 Å². The number of benzene rings is 2. The molecule has 0 bridgehead atoms. The Bertz CT molecular complexity index is 1280. The van der Waals surface area contributed by atoms with E-state index in [9.17, 15) is 9.18 Å². The first-order chi connectivity index (χ1) is 16.0. The van der Waals surface area contributed by atoms with Crippen LogP contribution < -0.4 is 5.32 Å². The van der Waals surface area contributed by atoms with Crippen LogP contribution in [0.3, 0.4) is 0 Å². The van der Waals surface area contributed by atoms with Crippen LogP contribution >= 0.6 is 0 Å². The number of nitrogens with one attached hydrogen (secondary N) is 1. The SMILES string of the molecule is Cc1nn(C)c(F)c1C(=O)Nc1ccccc1-c1ccc(/C=N/OCc2ccccn2)cc1. The zero-order valence-electron chi connectivity index (χ0n) is 18.2. The summed E-state index contributed by atoms with van der Waals surface area (Å²) in [4.78, 5) is 22.2. The topological polar surface area (TPSA) is 81.4 Å². The van der Waals surface area contributed by atoms with Crippen LogP contribution in [0.25, 0.3) is 11.1 Å². The van der Waals surface area contributed by atoms with Crippen LogP contribution in [0.4, 0.5) is 10.1 Å². The van der Waals surface area contributed by atoms with E-state index in [1.807, 2.05) is 60.7 Å². The van der Waals surface area contributed by atoms with E-state index in [1.54, 1.807) is 25.4 Å². The average molecular weight is 443 g/mol. The summed E-state index contributed by atoms with van der Waals surface area (Å²) in [6.45, 7) is 1.89. The Hall–Kier alpha value is -4.33. The van der Waals surface area contributed by atoms with E-state index in [-0.39, 0.29) is 5.56 Å². The molecule has 0 aliphatic carbocycles. The molecule has 0 aliphatic rings. The number of carbonyl (C=O) groups is 1. The van der Waals surface area contributed by atoms with Crippen molar-refractivity contribution in [1.29, 1.82) is 0 Å². The number of hydrogen-bond donors (Lipinski definition) is 1. The summed E-state index contributed by atoms with van der Waals surface area (Å²) >= 11 is 0. The molecule has 0 spiro atoms. The molecule has 1 amide bonds. The number of para-hydroxylation sites is 1. The zero-order chi connectivity index (χ0) is 23.2. The fraction of sp³-hybridized carbons (Fsp3) is 0.120. The first-order valence-electron chi connectivity index (χ1n) is 10.3. The maximum Gasteiger partial charge on any atom is 0.262 e. The highest BCUT2D eigenvalue weighted by molar-refractivity contribution is 6.07. The molecule has 0 unspecified atom stereocenters. The summed E-state index contributed by atoms with van der Waals surface area (Å²) in [5.74, 6) is -1.21. The minimum atomic E-state index is -0.670. The van der Waals surface area contributed by atoms with Gasteiger partial charge < -0.3 is 10.2 Å². The number of oxime groups is 1. The number of nitrogens with zero attached hydrogens (tertiary/aromatic N) is 4. The molecule has 4 rings (SSSR count). The molecule has 8 heteroatoms. The molecule has 2 aromatic heterocycles. The van der Waals surface area contributed by atoms with Crippen molar-refractivity contribution in [3.8, 4) is 11.1 Å². The maximum absolute atomic E-state index is 14.3. The number of anilines is 1. The van der Waals surface area contributed by atoms with Gasteiger partial charge >= 0.3 is 0 Å². The summed E-state index contributed by atoms with van der Waals surface area (Å²) in [5, 5.41) is 10.8. The second-order valence-corrected chi connectivity index (χ2v) is 7.33. The van der Waals surface area contributed by atoms with Crippen LogP contribution in [0.15, 0.2) is 78.1 Å². The molecule has 2 aromatic carbocycles. The van der Waals surface area contributed by atoms with Gasteiger partial charge in [0.2, 0.25) is 5.95 Å². The van der Waals surface area contributed by atoms with Gasteiger partial charge in [0.15, 0.2) is 6.61 Å². The number of amides is 1. The van der Waals surface area contributed by atoms with Crippen molar-refractivity contribution >= 4 is 17.8 Å². The first kappa shape index (κ1) is 21.9. The summed E-state index contributed by atoms with van der Waals surface area (Å²) < 4.78 is 15.3. The third-order valence-corrected chi connectivity index (χ3v) is 4.99. The standard InChI is InChI=1S/C25H22FN5O2/c1-17-23(24(26)31(2)30-17)25(32)29-22-9-4-3-8-21(22)19-12-10-18(11-13-19)15-28-33-16-20-7-5-6-14-27-20/h3-15H,16H2,1-2H3,(H,29,32)/b28-15+. The Labute approximate surface area is 190 Å². The zero-order valence-corrected chi connectivity index (χ0v) is 18.2. The lowest BCUT2D eigenvalue weighted by Gasteiger charge is -2.11.